The van der Waals surface area contributed by atoms with Gasteiger partial charge in [0.1, 0.15) is 5.54 Å². The molecule has 0 saturated carbocycles. The molecule has 0 saturated heterocycles. The van der Waals surface area contributed by atoms with Crippen molar-refractivity contribution >= 4 is 5.97 Å². The van der Waals surface area contributed by atoms with Gasteiger partial charge >= 0.3 is 5.97 Å². The lowest BCUT2D eigenvalue weighted by Gasteiger charge is -2.26. The molecule has 0 aliphatic heterocycles. The Hall–Kier alpha value is -0.570. The van der Waals surface area contributed by atoms with Crippen LogP contribution in [0.5, 0.6) is 0 Å². The largest absolute Gasteiger partial charge is 0.468 e. The van der Waals surface area contributed by atoms with E-state index in [9.17, 15) is 4.79 Å². The maximum atomic E-state index is 11.2. The summed E-state index contributed by atoms with van der Waals surface area (Å²) in [6.45, 7) is 7.77. The lowest BCUT2D eigenvalue weighted by molar-refractivity contribution is -0.147. The molecule has 1 N–H and O–H groups in total. The molecule has 0 spiro atoms. The predicted molar refractivity (Wildman–Crippen MR) is 49.0 cm³/mol. The number of rotatable bonds is 4. The van der Waals surface area contributed by atoms with Crippen molar-refractivity contribution in [2.75, 3.05) is 7.11 Å². The topological polar surface area (TPSA) is 38.3 Å². The summed E-state index contributed by atoms with van der Waals surface area (Å²) < 4.78 is 4.66. The third-order valence-electron chi connectivity index (χ3n) is 1.92. The predicted octanol–water partition coefficient (Wildman–Crippen LogP) is 1.33. The highest BCUT2D eigenvalue weighted by Gasteiger charge is 2.29. The average Bonchev–Trinajstić information content (AvgIpc) is 2.02. The maximum Gasteiger partial charge on any atom is 0.325 e. The summed E-state index contributed by atoms with van der Waals surface area (Å²) >= 11 is 0. The molecule has 0 amide bonds. The van der Waals surface area contributed by atoms with Gasteiger partial charge in [-0.2, -0.15) is 0 Å². The second kappa shape index (κ2) is 4.45. The van der Waals surface area contributed by atoms with Crippen molar-refractivity contribution in [3.8, 4) is 0 Å². The van der Waals surface area contributed by atoms with E-state index >= 15 is 0 Å². The van der Waals surface area contributed by atoms with Crippen molar-refractivity contribution in [1.82, 2.24) is 5.32 Å². The summed E-state index contributed by atoms with van der Waals surface area (Å²) in [5.41, 5.74) is -0.579. The zero-order chi connectivity index (χ0) is 9.78. The molecular weight excluding hydrogens is 154 g/mol. The third kappa shape index (κ3) is 3.22. The van der Waals surface area contributed by atoms with Gasteiger partial charge in [0, 0.05) is 6.04 Å². The number of nitrogens with one attached hydrogen (secondary N) is 1. The lowest BCUT2D eigenvalue weighted by Crippen LogP contribution is -2.51. The fourth-order valence-electron chi connectivity index (χ4n) is 1.03. The zero-order valence-electron chi connectivity index (χ0n) is 8.60. The van der Waals surface area contributed by atoms with Crippen molar-refractivity contribution < 1.29 is 9.53 Å². The van der Waals surface area contributed by atoms with Crippen LogP contribution in [0, 0.1) is 0 Å². The molecule has 3 nitrogen and oxygen atoms in total. The molecule has 0 aromatic rings. The van der Waals surface area contributed by atoms with Crippen LogP contribution in [0.3, 0.4) is 0 Å². The number of carbonyl (C=O) groups is 1. The quantitative estimate of drug-likeness (QED) is 0.652. The van der Waals surface area contributed by atoms with Crippen molar-refractivity contribution in [1.29, 1.82) is 0 Å². The molecule has 0 fully saturated rings. The van der Waals surface area contributed by atoms with E-state index in [1.807, 2.05) is 20.8 Å². The normalized spacial score (nSPS) is 14.1. The zero-order valence-corrected chi connectivity index (χ0v) is 8.60. The fourth-order valence-corrected chi connectivity index (χ4v) is 1.03. The van der Waals surface area contributed by atoms with Gasteiger partial charge in [-0.05, 0) is 27.2 Å². The van der Waals surface area contributed by atoms with Crippen molar-refractivity contribution in [2.45, 2.75) is 45.7 Å². The van der Waals surface area contributed by atoms with Gasteiger partial charge < -0.3 is 4.74 Å². The standard InChI is InChI=1S/C9H19NO2/c1-6-7(2)10-9(3,4)8(11)12-5/h7,10H,6H2,1-5H3. The summed E-state index contributed by atoms with van der Waals surface area (Å²) in [4.78, 5) is 11.2. The Morgan fingerprint density at radius 1 is 1.58 bits per heavy atom. The molecule has 0 heterocycles. The summed E-state index contributed by atoms with van der Waals surface area (Å²) in [5.74, 6) is -0.220. The Bertz CT molecular complexity index is 155. The smallest absolute Gasteiger partial charge is 0.325 e. The summed E-state index contributed by atoms with van der Waals surface area (Å²) in [6, 6.07) is 0.332. The third-order valence-corrected chi connectivity index (χ3v) is 1.92. The van der Waals surface area contributed by atoms with Gasteiger partial charge in [-0.3, -0.25) is 10.1 Å². The first-order valence-corrected chi connectivity index (χ1v) is 4.30. The van der Waals surface area contributed by atoms with Gasteiger partial charge in [0.15, 0.2) is 0 Å². The molecule has 0 rings (SSSR count). The summed E-state index contributed by atoms with van der Waals surface area (Å²) in [5, 5.41) is 3.18. The number of esters is 1. The first-order valence-electron chi connectivity index (χ1n) is 4.30. The minimum absolute atomic E-state index is 0.220. The van der Waals surface area contributed by atoms with Crippen LogP contribution in [-0.2, 0) is 9.53 Å². The van der Waals surface area contributed by atoms with Crippen LogP contribution in [0.2, 0.25) is 0 Å². The summed E-state index contributed by atoms with van der Waals surface area (Å²) in [6.07, 6.45) is 1.00. The highest BCUT2D eigenvalue weighted by Crippen LogP contribution is 2.06. The molecule has 0 radical (unpaired) electrons. The molecule has 72 valence electrons. The van der Waals surface area contributed by atoms with Gasteiger partial charge in [0.2, 0.25) is 0 Å². The SMILES string of the molecule is CCC(C)NC(C)(C)C(=O)OC. The van der Waals surface area contributed by atoms with E-state index in [4.69, 9.17) is 0 Å². The number of ether oxygens (including phenoxy) is 1. The highest BCUT2D eigenvalue weighted by atomic mass is 16.5. The first kappa shape index (κ1) is 11.4. The Morgan fingerprint density at radius 3 is 2.42 bits per heavy atom. The van der Waals surface area contributed by atoms with Crippen LogP contribution >= 0.6 is 0 Å². The van der Waals surface area contributed by atoms with Gasteiger partial charge in [0.05, 0.1) is 7.11 Å². The minimum Gasteiger partial charge on any atom is -0.468 e. The number of hydrogen-bond acceptors (Lipinski definition) is 3. The van der Waals surface area contributed by atoms with Crippen LogP contribution < -0.4 is 5.32 Å². The second-order valence-corrected chi connectivity index (χ2v) is 3.57. The minimum atomic E-state index is -0.579. The molecule has 1 atom stereocenters. The van der Waals surface area contributed by atoms with Crippen molar-refractivity contribution in [3.05, 3.63) is 0 Å². The van der Waals surface area contributed by atoms with E-state index in [2.05, 4.69) is 17.0 Å². The van der Waals surface area contributed by atoms with E-state index in [0.29, 0.717) is 6.04 Å². The van der Waals surface area contributed by atoms with E-state index in [0.717, 1.165) is 6.42 Å². The molecule has 0 aromatic heterocycles. The van der Waals surface area contributed by atoms with Gasteiger partial charge in [-0.1, -0.05) is 6.92 Å². The number of carbonyl (C=O) groups excluding carboxylic acids is 1. The molecular formula is C9H19NO2. The molecule has 12 heavy (non-hydrogen) atoms. The molecule has 0 aliphatic rings. The van der Waals surface area contributed by atoms with Crippen LogP contribution in [0.25, 0.3) is 0 Å². The highest BCUT2D eigenvalue weighted by molar-refractivity contribution is 5.79. The summed E-state index contributed by atoms with van der Waals surface area (Å²) in [7, 11) is 1.41. The monoisotopic (exact) mass is 173 g/mol. The van der Waals surface area contributed by atoms with Gasteiger partial charge in [-0.25, -0.2) is 0 Å². The number of methoxy groups -OCH3 is 1. The van der Waals surface area contributed by atoms with E-state index < -0.39 is 5.54 Å². The van der Waals surface area contributed by atoms with Crippen LogP contribution in [0.15, 0.2) is 0 Å². The molecule has 3 heteroatoms. The van der Waals surface area contributed by atoms with Crippen LogP contribution in [0.1, 0.15) is 34.1 Å². The first-order chi connectivity index (χ1) is 5.44. The average molecular weight is 173 g/mol. The molecule has 0 aliphatic carbocycles. The van der Waals surface area contributed by atoms with Gasteiger partial charge in [0.25, 0.3) is 0 Å². The van der Waals surface area contributed by atoms with Crippen LogP contribution in [0.4, 0.5) is 0 Å². The fraction of sp³-hybridized carbons (Fsp3) is 0.889. The Labute approximate surface area is 74.5 Å². The second-order valence-electron chi connectivity index (χ2n) is 3.57. The molecule has 0 aromatic carbocycles. The Morgan fingerprint density at radius 2 is 2.08 bits per heavy atom. The van der Waals surface area contributed by atoms with E-state index in [1.54, 1.807) is 0 Å². The number of hydrogen-bond donors (Lipinski definition) is 1. The molecule has 1 unspecified atom stereocenters. The molecule has 0 bridgehead atoms. The van der Waals surface area contributed by atoms with E-state index in [1.165, 1.54) is 7.11 Å². The van der Waals surface area contributed by atoms with E-state index in [-0.39, 0.29) is 5.97 Å². The lowest BCUT2D eigenvalue weighted by atomic mass is 10.0. The van der Waals surface area contributed by atoms with Crippen molar-refractivity contribution in [2.24, 2.45) is 0 Å². The Balaban J connectivity index is 4.11. The Kier molecular flexibility index (Phi) is 4.24. The van der Waals surface area contributed by atoms with Gasteiger partial charge in [-0.15, -0.1) is 0 Å². The van der Waals surface area contributed by atoms with Crippen LogP contribution in [-0.4, -0.2) is 24.7 Å². The maximum absolute atomic E-state index is 11.2. The van der Waals surface area contributed by atoms with Crippen molar-refractivity contribution in [3.63, 3.8) is 0 Å².